The number of sulfonamides is 1. The summed E-state index contributed by atoms with van der Waals surface area (Å²) in [6.07, 6.45) is 2.23. The van der Waals surface area contributed by atoms with Gasteiger partial charge in [-0.2, -0.15) is 0 Å². The Morgan fingerprint density at radius 3 is 2.84 bits per heavy atom. The molecule has 1 saturated heterocycles. The molecule has 138 valence electrons. The zero-order valence-corrected chi connectivity index (χ0v) is 15.3. The molecule has 1 fully saturated rings. The quantitative estimate of drug-likeness (QED) is 0.731. The van der Waals surface area contributed by atoms with Crippen LogP contribution in [0.2, 0.25) is 0 Å². The van der Waals surface area contributed by atoms with E-state index in [4.69, 9.17) is 4.63 Å². The summed E-state index contributed by atoms with van der Waals surface area (Å²) in [5, 5.41) is 17.2. The highest BCUT2D eigenvalue weighted by Gasteiger charge is 2.24. The van der Waals surface area contributed by atoms with Crippen LogP contribution in [0.15, 0.2) is 15.6 Å². The van der Waals surface area contributed by atoms with Gasteiger partial charge in [0, 0.05) is 13.1 Å². The summed E-state index contributed by atoms with van der Waals surface area (Å²) in [6, 6.07) is 1.77. The SMILES string of the molecule is Cc1cc(C)c2nonc2c1S(=O)(=O)NCCCN1CCC[C@H](O)C1. The highest BCUT2D eigenvalue weighted by atomic mass is 32.2. The largest absolute Gasteiger partial charge is 0.392 e. The van der Waals surface area contributed by atoms with Gasteiger partial charge in [-0.15, -0.1) is 0 Å². The van der Waals surface area contributed by atoms with Crippen LogP contribution in [0, 0.1) is 13.8 Å². The molecular weight excluding hydrogens is 344 g/mol. The average molecular weight is 368 g/mol. The molecule has 0 aliphatic carbocycles. The zero-order chi connectivity index (χ0) is 18.0. The van der Waals surface area contributed by atoms with Gasteiger partial charge in [-0.25, -0.2) is 17.8 Å². The third-order valence-electron chi connectivity index (χ3n) is 4.56. The van der Waals surface area contributed by atoms with Gasteiger partial charge in [0.15, 0.2) is 5.52 Å². The van der Waals surface area contributed by atoms with Crippen LogP contribution in [0.1, 0.15) is 30.4 Å². The molecule has 1 aliphatic heterocycles. The Morgan fingerprint density at radius 1 is 1.32 bits per heavy atom. The fourth-order valence-electron chi connectivity index (χ4n) is 3.40. The Labute approximate surface area is 147 Å². The first kappa shape index (κ1) is 18.2. The summed E-state index contributed by atoms with van der Waals surface area (Å²) in [6.45, 7) is 6.28. The number of rotatable bonds is 6. The van der Waals surface area contributed by atoms with Crippen molar-refractivity contribution in [3.63, 3.8) is 0 Å². The van der Waals surface area contributed by atoms with E-state index in [1.54, 1.807) is 13.0 Å². The topological polar surface area (TPSA) is 109 Å². The highest BCUT2D eigenvalue weighted by Crippen LogP contribution is 2.26. The fraction of sp³-hybridized carbons (Fsp3) is 0.625. The number of fused-ring (bicyclic) bond motifs is 1. The lowest BCUT2D eigenvalue weighted by molar-refractivity contribution is 0.0704. The van der Waals surface area contributed by atoms with Crippen molar-refractivity contribution >= 4 is 21.1 Å². The molecule has 0 saturated carbocycles. The Hall–Kier alpha value is -1.55. The van der Waals surface area contributed by atoms with E-state index in [-0.39, 0.29) is 16.5 Å². The number of aliphatic hydroxyl groups is 1. The number of likely N-dealkylation sites (tertiary alicyclic amines) is 1. The Kier molecular flexibility index (Phi) is 5.38. The second-order valence-corrected chi connectivity index (χ2v) is 8.35. The highest BCUT2D eigenvalue weighted by molar-refractivity contribution is 7.89. The molecule has 25 heavy (non-hydrogen) atoms. The molecule has 1 atom stereocenters. The maximum Gasteiger partial charge on any atom is 0.243 e. The zero-order valence-electron chi connectivity index (χ0n) is 14.5. The van der Waals surface area contributed by atoms with E-state index in [1.165, 1.54) is 0 Å². The van der Waals surface area contributed by atoms with Crippen LogP contribution in [-0.2, 0) is 10.0 Å². The molecule has 2 heterocycles. The van der Waals surface area contributed by atoms with Crippen LogP contribution in [0.3, 0.4) is 0 Å². The smallest absolute Gasteiger partial charge is 0.243 e. The van der Waals surface area contributed by atoms with Crippen molar-refractivity contribution in [2.75, 3.05) is 26.2 Å². The predicted octanol–water partition coefficient (Wildman–Crippen LogP) is 0.965. The van der Waals surface area contributed by atoms with Gasteiger partial charge in [-0.05, 0) is 67.6 Å². The number of aliphatic hydroxyl groups excluding tert-OH is 1. The third-order valence-corrected chi connectivity index (χ3v) is 6.20. The van der Waals surface area contributed by atoms with Crippen molar-refractivity contribution in [2.45, 2.75) is 44.1 Å². The molecule has 9 heteroatoms. The maximum absolute atomic E-state index is 12.7. The van der Waals surface area contributed by atoms with Crippen molar-refractivity contribution in [2.24, 2.45) is 0 Å². The molecule has 1 aromatic carbocycles. The van der Waals surface area contributed by atoms with Gasteiger partial charge < -0.3 is 10.0 Å². The number of nitrogens with zero attached hydrogens (tertiary/aromatic N) is 3. The van der Waals surface area contributed by atoms with Crippen LogP contribution < -0.4 is 4.72 Å². The standard InChI is InChI=1S/C16H24N4O4S/c1-11-9-12(2)16(15-14(11)18-24-19-15)25(22,23)17-6-4-8-20-7-3-5-13(21)10-20/h9,13,17,21H,3-8,10H2,1-2H3/t13-/m0/s1. The summed E-state index contributed by atoms with van der Waals surface area (Å²) in [5.41, 5.74) is 2.18. The van der Waals surface area contributed by atoms with E-state index in [9.17, 15) is 13.5 Å². The minimum absolute atomic E-state index is 0.128. The predicted molar refractivity (Wildman–Crippen MR) is 92.8 cm³/mol. The normalized spacial score (nSPS) is 19.6. The molecule has 1 aromatic heterocycles. The molecule has 2 aromatic rings. The maximum atomic E-state index is 12.7. The van der Waals surface area contributed by atoms with Gasteiger partial charge in [-0.3, -0.25) is 0 Å². The van der Waals surface area contributed by atoms with Gasteiger partial charge in [0.1, 0.15) is 10.4 Å². The first-order valence-corrected chi connectivity index (χ1v) is 9.99. The van der Waals surface area contributed by atoms with Crippen molar-refractivity contribution in [1.29, 1.82) is 0 Å². The first-order chi connectivity index (χ1) is 11.9. The van der Waals surface area contributed by atoms with Gasteiger partial charge in [0.05, 0.1) is 6.10 Å². The molecule has 0 radical (unpaired) electrons. The van der Waals surface area contributed by atoms with E-state index in [0.717, 1.165) is 31.5 Å². The lowest BCUT2D eigenvalue weighted by Crippen LogP contribution is -2.39. The van der Waals surface area contributed by atoms with Gasteiger partial charge in [0.25, 0.3) is 0 Å². The second-order valence-electron chi connectivity index (χ2n) is 6.65. The number of hydrogen-bond donors (Lipinski definition) is 2. The fourth-order valence-corrected chi connectivity index (χ4v) is 4.83. The second kappa shape index (κ2) is 7.36. The molecule has 8 nitrogen and oxygen atoms in total. The summed E-state index contributed by atoms with van der Waals surface area (Å²) < 4.78 is 32.8. The van der Waals surface area contributed by atoms with E-state index in [0.29, 0.717) is 30.6 Å². The minimum atomic E-state index is -3.70. The first-order valence-electron chi connectivity index (χ1n) is 8.51. The number of piperidine rings is 1. The lowest BCUT2D eigenvalue weighted by Gasteiger charge is -2.29. The molecule has 0 bridgehead atoms. The van der Waals surface area contributed by atoms with Gasteiger partial charge in [0.2, 0.25) is 10.0 Å². The summed E-state index contributed by atoms with van der Waals surface area (Å²) in [4.78, 5) is 2.29. The van der Waals surface area contributed by atoms with Crippen molar-refractivity contribution in [3.8, 4) is 0 Å². The van der Waals surface area contributed by atoms with E-state index >= 15 is 0 Å². The molecule has 1 aliphatic rings. The number of aryl methyl sites for hydroxylation is 2. The monoisotopic (exact) mass is 368 g/mol. The molecule has 2 N–H and O–H groups in total. The molecule has 0 spiro atoms. The Balaban J connectivity index is 1.65. The number of nitrogens with one attached hydrogen (secondary N) is 1. The number of hydrogen-bond acceptors (Lipinski definition) is 7. The number of aromatic nitrogens is 2. The van der Waals surface area contributed by atoms with Crippen molar-refractivity contribution < 1.29 is 18.2 Å². The van der Waals surface area contributed by atoms with Crippen molar-refractivity contribution in [1.82, 2.24) is 19.9 Å². The molecule has 0 amide bonds. The number of benzene rings is 1. The van der Waals surface area contributed by atoms with Crippen LogP contribution in [0.4, 0.5) is 0 Å². The van der Waals surface area contributed by atoms with E-state index in [1.807, 2.05) is 6.92 Å². The Morgan fingerprint density at radius 2 is 2.08 bits per heavy atom. The lowest BCUT2D eigenvalue weighted by atomic mass is 10.1. The Bertz CT molecular complexity index is 849. The summed E-state index contributed by atoms with van der Waals surface area (Å²) >= 11 is 0. The summed E-state index contributed by atoms with van der Waals surface area (Å²) in [5.74, 6) is 0. The molecule has 3 rings (SSSR count). The minimum Gasteiger partial charge on any atom is -0.392 e. The van der Waals surface area contributed by atoms with E-state index in [2.05, 4.69) is 19.9 Å². The molecular formula is C16H24N4O4S. The van der Waals surface area contributed by atoms with Crippen LogP contribution >= 0.6 is 0 Å². The van der Waals surface area contributed by atoms with Crippen LogP contribution in [0.25, 0.3) is 11.0 Å². The molecule has 0 unspecified atom stereocenters. The average Bonchev–Trinajstić information content (AvgIpc) is 3.01. The van der Waals surface area contributed by atoms with Gasteiger partial charge >= 0.3 is 0 Å². The van der Waals surface area contributed by atoms with Crippen LogP contribution in [0.5, 0.6) is 0 Å². The number of β-amino-alcohol motifs (C(OH)–C–C–N with tert-alkyl or cyclic N) is 1. The van der Waals surface area contributed by atoms with Crippen molar-refractivity contribution in [3.05, 3.63) is 17.2 Å². The van der Waals surface area contributed by atoms with Gasteiger partial charge in [-0.1, -0.05) is 6.07 Å². The summed E-state index contributed by atoms with van der Waals surface area (Å²) in [7, 11) is -3.70. The van der Waals surface area contributed by atoms with Crippen LogP contribution in [-0.4, -0.2) is 61.0 Å². The third kappa shape index (κ3) is 4.00. The van der Waals surface area contributed by atoms with E-state index < -0.39 is 10.0 Å².